The van der Waals surface area contributed by atoms with Gasteiger partial charge in [-0.05, 0) is 18.6 Å². The highest BCUT2D eigenvalue weighted by atomic mass is 79.9. The molecule has 0 atom stereocenters. The molecular weight excluding hydrogens is 348 g/mol. The van der Waals surface area contributed by atoms with Gasteiger partial charge in [-0.25, -0.2) is 4.98 Å². The second-order valence-electron chi connectivity index (χ2n) is 4.82. The van der Waals surface area contributed by atoms with Crippen LogP contribution in [-0.2, 0) is 6.54 Å². The molecule has 6 nitrogen and oxygen atoms in total. The Bertz CT molecular complexity index is 860. The molecule has 0 aliphatic heterocycles. The van der Waals surface area contributed by atoms with E-state index in [2.05, 4.69) is 31.3 Å². The van der Waals surface area contributed by atoms with E-state index in [1.165, 1.54) is 16.8 Å². The predicted octanol–water partition coefficient (Wildman–Crippen LogP) is 2.44. The summed E-state index contributed by atoms with van der Waals surface area (Å²) in [5.74, 6) is -0.337. The summed E-state index contributed by atoms with van der Waals surface area (Å²) in [7, 11) is 0. The number of nitrogens with one attached hydrogen (secondary N) is 1. The van der Waals surface area contributed by atoms with Crippen molar-refractivity contribution < 1.29 is 9.90 Å². The highest BCUT2D eigenvalue weighted by Crippen LogP contribution is 2.18. The van der Waals surface area contributed by atoms with Crippen molar-refractivity contribution in [3.05, 3.63) is 57.8 Å². The van der Waals surface area contributed by atoms with Gasteiger partial charge in [0.2, 0.25) is 5.88 Å². The molecule has 0 radical (unpaired) electrons. The number of aromatic nitrogens is 3. The molecule has 2 heterocycles. The van der Waals surface area contributed by atoms with Crippen LogP contribution in [0.4, 0.5) is 0 Å². The van der Waals surface area contributed by atoms with Crippen molar-refractivity contribution in [3.63, 3.8) is 0 Å². The molecule has 1 aromatic carbocycles. The Balaban J connectivity index is 1.85. The van der Waals surface area contributed by atoms with Crippen molar-refractivity contribution in [2.24, 2.45) is 0 Å². The lowest BCUT2D eigenvalue weighted by Gasteiger charge is -2.06. The fourth-order valence-electron chi connectivity index (χ4n) is 2.14. The maximum Gasteiger partial charge on any atom is 0.257 e. The van der Waals surface area contributed by atoms with Crippen molar-refractivity contribution in [1.82, 2.24) is 19.9 Å². The molecule has 112 valence electrons. The molecule has 1 amide bonds. The Hall–Kier alpha value is -2.41. The Labute approximate surface area is 134 Å². The van der Waals surface area contributed by atoms with E-state index < -0.39 is 0 Å². The first-order valence-electron chi connectivity index (χ1n) is 6.62. The third kappa shape index (κ3) is 2.67. The summed E-state index contributed by atoms with van der Waals surface area (Å²) < 4.78 is 2.17. The van der Waals surface area contributed by atoms with Crippen LogP contribution >= 0.6 is 15.9 Å². The van der Waals surface area contributed by atoms with Gasteiger partial charge in [0.1, 0.15) is 5.56 Å². The SMILES string of the molecule is Cc1cc(O)n2ncc(C(=O)NCc3ccccc3Br)c2n1. The number of hydrogen-bond acceptors (Lipinski definition) is 4. The van der Waals surface area contributed by atoms with Crippen LogP contribution in [0, 0.1) is 6.92 Å². The molecule has 0 saturated heterocycles. The van der Waals surface area contributed by atoms with Gasteiger partial charge in [-0.1, -0.05) is 34.1 Å². The Kier molecular flexibility index (Phi) is 3.81. The molecule has 2 aromatic heterocycles. The van der Waals surface area contributed by atoms with E-state index in [1.54, 1.807) is 6.92 Å². The maximum absolute atomic E-state index is 12.3. The molecule has 0 bridgehead atoms. The minimum absolute atomic E-state index is 0.0487. The minimum Gasteiger partial charge on any atom is -0.493 e. The number of halogens is 1. The Morgan fingerprint density at radius 2 is 2.18 bits per heavy atom. The van der Waals surface area contributed by atoms with Gasteiger partial charge in [-0.15, -0.1) is 0 Å². The summed E-state index contributed by atoms with van der Waals surface area (Å²) in [5, 5.41) is 16.6. The van der Waals surface area contributed by atoms with Crippen LogP contribution < -0.4 is 5.32 Å². The molecule has 22 heavy (non-hydrogen) atoms. The van der Waals surface area contributed by atoms with Crippen molar-refractivity contribution >= 4 is 27.5 Å². The van der Waals surface area contributed by atoms with Crippen LogP contribution in [0.1, 0.15) is 21.6 Å². The lowest BCUT2D eigenvalue weighted by atomic mass is 10.2. The van der Waals surface area contributed by atoms with Crippen LogP contribution in [0.2, 0.25) is 0 Å². The normalized spacial score (nSPS) is 10.8. The molecule has 3 aromatic rings. The third-order valence-electron chi connectivity index (χ3n) is 3.22. The summed E-state index contributed by atoms with van der Waals surface area (Å²) in [4.78, 5) is 16.6. The van der Waals surface area contributed by atoms with E-state index in [-0.39, 0.29) is 11.8 Å². The Morgan fingerprint density at radius 1 is 1.41 bits per heavy atom. The average molecular weight is 361 g/mol. The zero-order chi connectivity index (χ0) is 15.7. The first kappa shape index (κ1) is 14.5. The summed E-state index contributed by atoms with van der Waals surface area (Å²) >= 11 is 3.44. The molecule has 0 unspecified atom stereocenters. The highest BCUT2D eigenvalue weighted by Gasteiger charge is 2.16. The van der Waals surface area contributed by atoms with Gasteiger partial charge in [0.15, 0.2) is 5.65 Å². The smallest absolute Gasteiger partial charge is 0.257 e. The second kappa shape index (κ2) is 5.76. The molecule has 0 spiro atoms. The van der Waals surface area contributed by atoms with Gasteiger partial charge in [-0.2, -0.15) is 9.61 Å². The molecule has 3 rings (SSSR count). The molecular formula is C15H13BrN4O2. The van der Waals surface area contributed by atoms with E-state index in [0.717, 1.165) is 10.0 Å². The Morgan fingerprint density at radius 3 is 2.95 bits per heavy atom. The van der Waals surface area contributed by atoms with Gasteiger partial charge in [0, 0.05) is 22.8 Å². The van der Waals surface area contributed by atoms with E-state index in [1.807, 2.05) is 24.3 Å². The average Bonchev–Trinajstić information content (AvgIpc) is 2.90. The first-order chi connectivity index (χ1) is 10.6. The molecule has 0 aliphatic carbocycles. The van der Waals surface area contributed by atoms with Crippen molar-refractivity contribution in [2.45, 2.75) is 13.5 Å². The molecule has 7 heteroatoms. The van der Waals surface area contributed by atoms with Crippen LogP contribution in [0.25, 0.3) is 5.65 Å². The number of carbonyl (C=O) groups is 1. The van der Waals surface area contributed by atoms with E-state index in [4.69, 9.17) is 0 Å². The summed E-state index contributed by atoms with van der Waals surface area (Å²) in [6, 6.07) is 9.15. The fourth-order valence-corrected chi connectivity index (χ4v) is 2.56. The number of aromatic hydroxyl groups is 1. The first-order valence-corrected chi connectivity index (χ1v) is 7.41. The number of rotatable bonds is 3. The van der Waals surface area contributed by atoms with Crippen molar-refractivity contribution in [3.8, 4) is 5.88 Å². The standard InChI is InChI=1S/C15H13BrN4O2/c1-9-6-13(21)20-14(19-9)11(8-18-20)15(22)17-7-10-4-2-3-5-12(10)16/h2-6,8,21H,7H2,1H3,(H,17,22). The lowest BCUT2D eigenvalue weighted by Crippen LogP contribution is -2.23. The molecule has 2 N–H and O–H groups in total. The third-order valence-corrected chi connectivity index (χ3v) is 4.00. The number of nitrogens with zero attached hydrogens (tertiary/aromatic N) is 3. The van der Waals surface area contributed by atoms with Gasteiger partial charge in [0.05, 0.1) is 6.20 Å². The lowest BCUT2D eigenvalue weighted by molar-refractivity contribution is 0.0952. The van der Waals surface area contributed by atoms with Crippen LogP contribution in [0.3, 0.4) is 0 Å². The van der Waals surface area contributed by atoms with E-state index in [0.29, 0.717) is 23.4 Å². The number of carbonyl (C=O) groups excluding carboxylic acids is 1. The number of fused-ring (bicyclic) bond motifs is 1. The monoisotopic (exact) mass is 360 g/mol. The second-order valence-corrected chi connectivity index (χ2v) is 5.68. The zero-order valence-electron chi connectivity index (χ0n) is 11.7. The van der Waals surface area contributed by atoms with E-state index in [9.17, 15) is 9.90 Å². The van der Waals surface area contributed by atoms with Crippen molar-refractivity contribution in [2.75, 3.05) is 0 Å². The fraction of sp³-hybridized carbons (Fsp3) is 0.133. The van der Waals surface area contributed by atoms with Crippen LogP contribution in [-0.4, -0.2) is 25.6 Å². The van der Waals surface area contributed by atoms with Gasteiger partial charge < -0.3 is 10.4 Å². The topological polar surface area (TPSA) is 79.5 Å². The number of amides is 1. The predicted molar refractivity (Wildman–Crippen MR) is 84.7 cm³/mol. The number of hydrogen-bond donors (Lipinski definition) is 2. The highest BCUT2D eigenvalue weighted by molar-refractivity contribution is 9.10. The molecule has 0 saturated carbocycles. The number of benzene rings is 1. The molecule has 0 aliphatic rings. The number of aryl methyl sites for hydroxylation is 1. The van der Waals surface area contributed by atoms with E-state index >= 15 is 0 Å². The van der Waals surface area contributed by atoms with Gasteiger partial charge >= 0.3 is 0 Å². The minimum atomic E-state index is -0.289. The van der Waals surface area contributed by atoms with Gasteiger partial charge in [0.25, 0.3) is 5.91 Å². The maximum atomic E-state index is 12.3. The van der Waals surface area contributed by atoms with Gasteiger partial charge in [-0.3, -0.25) is 4.79 Å². The van der Waals surface area contributed by atoms with Crippen LogP contribution in [0.5, 0.6) is 5.88 Å². The summed E-state index contributed by atoms with van der Waals surface area (Å²) in [6.45, 7) is 2.13. The largest absolute Gasteiger partial charge is 0.493 e. The molecule has 0 fully saturated rings. The zero-order valence-corrected chi connectivity index (χ0v) is 13.3. The quantitative estimate of drug-likeness (QED) is 0.751. The van der Waals surface area contributed by atoms with Crippen LogP contribution in [0.15, 0.2) is 41.0 Å². The van der Waals surface area contributed by atoms with Crippen molar-refractivity contribution in [1.29, 1.82) is 0 Å². The summed E-state index contributed by atoms with van der Waals surface area (Å²) in [6.07, 6.45) is 1.40. The summed E-state index contributed by atoms with van der Waals surface area (Å²) in [5.41, 5.74) is 2.25.